The molecule has 0 amide bonds. The van der Waals surface area contributed by atoms with E-state index in [1.165, 1.54) is 0 Å². The number of pyridine rings is 1. The van der Waals surface area contributed by atoms with Crippen molar-refractivity contribution in [1.29, 1.82) is 5.26 Å². The normalized spacial score (nSPS) is 16.2. The number of hydrogen-bond acceptors (Lipinski definition) is 5. The molecule has 5 nitrogen and oxygen atoms in total. The number of nitrogens with zero attached hydrogens (tertiary/aromatic N) is 3. The van der Waals surface area contributed by atoms with Crippen LogP contribution in [0.1, 0.15) is 11.3 Å². The highest BCUT2D eigenvalue weighted by Gasteiger charge is 2.10. The number of piperazine rings is 1. The monoisotopic (exact) mass is 246 g/mol. The molecule has 1 N–H and O–H groups in total. The van der Waals surface area contributed by atoms with Gasteiger partial charge in [-0.2, -0.15) is 5.26 Å². The first-order chi connectivity index (χ1) is 8.83. The third-order valence-electron chi connectivity index (χ3n) is 3.16. The van der Waals surface area contributed by atoms with Gasteiger partial charge in [-0.3, -0.25) is 4.98 Å². The highest BCUT2D eigenvalue weighted by atomic mass is 16.5. The van der Waals surface area contributed by atoms with Crippen LogP contribution >= 0.6 is 0 Å². The summed E-state index contributed by atoms with van der Waals surface area (Å²) in [7, 11) is 1.58. The maximum atomic E-state index is 8.89. The minimum Gasteiger partial charge on any atom is -0.495 e. The molecule has 18 heavy (non-hydrogen) atoms. The van der Waals surface area contributed by atoms with Gasteiger partial charge in [0, 0.05) is 57.1 Å². The maximum absolute atomic E-state index is 8.89. The fraction of sp³-hybridized carbons (Fsp3) is 0.538. The van der Waals surface area contributed by atoms with Crippen molar-refractivity contribution in [2.24, 2.45) is 0 Å². The van der Waals surface area contributed by atoms with Crippen LogP contribution in [-0.4, -0.2) is 49.7 Å². The summed E-state index contributed by atoms with van der Waals surface area (Å²) in [5, 5.41) is 12.2. The minimum absolute atomic E-state index is 0.489. The second kappa shape index (κ2) is 6.34. The number of rotatable bonds is 4. The molecule has 0 radical (unpaired) electrons. The van der Waals surface area contributed by atoms with Crippen molar-refractivity contribution in [1.82, 2.24) is 15.2 Å². The lowest BCUT2D eigenvalue weighted by atomic mass is 10.2. The Hall–Kier alpha value is -1.64. The first-order valence-corrected chi connectivity index (χ1v) is 6.19. The Kier molecular flexibility index (Phi) is 4.51. The van der Waals surface area contributed by atoms with Crippen molar-refractivity contribution < 1.29 is 4.74 Å². The third kappa shape index (κ3) is 3.19. The van der Waals surface area contributed by atoms with Gasteiger partial charge in [-0.15, -0.1) is 0 Å². The van der Waals surface area contributed by atoms with Crippen LogP contribution in [-0.2, 0) is 6.42 Å². The van der Waals surface area contributed by atoms with Crippen LogP contribution in [0.15, 0.2) is 12.3 Å². The molecule has 1 aliphatic heterocycles. The van der Waals surface area contributed by atoms with Crippen LogP contribution in [0.5, 0.6) is 5.75 Å². The van der Waals surface area contributed by atoms with E-state index < -0.39 is 0 Å². The molecule has 1 fully saturated rings. The van der Waals surface area contributed by atoms with E-state index in [2.05, 4.69) is 21.3 Å². The molecule has 0 spiro atoms. The van der Waals surface area contributed by atoms with E-state index in [0.717, 1.165) is 44.8 Å². The number of nitriles is 1. The van der Waals surface area contributed by atoms with Crippen LogP contribution in [0.25, 0.3) is 0 Å². The Balaban J connectivity index is 1.95. The van der Waals surface area contributed by atoms with Gasteiger partial charge in [0.1, 0.15) is 17.4 Å². The summed E-state index contributed by atoms with van der Waals surface area (Å²) in [5.74, 6) is 0.614. The molecule has 0 aliphatic carbocycles. The van der Waals surface area contributed by atoms with Crippen LogP contribution in [0, 0.1) is 11.3 Å². The van der Waals surface area contributed by atoms with Crippen molar-refractivity contribution in [2.45, 2.75) is 6.42 Å². The van der Waals surface area contributed by atoms with E-state index in [9.17, 15) is 0 Å². The Labute approximate surface area is 107 Å². The molecule has 96 valence electrons. The quantitative estimate of drug-likeness (QED) is 0.833. The molecule has 0 bridgehead atoms. The first-order valence-electron chi connectivity index (χ1n) is 6.19. The van der Waals surface area contributed by atoms with Crippen molar-refractivity contribution in [3.63, 3.8) is 0 Å². The molecule has 2 heterocycles. The van der Waals surface area contributed by atoms with Crippen molar-refractivity contribution in [2.75, 3.05) is 39.8 Å². The maximum Gasteiger partial charge on any atom is 0.140 e. The van der Waals surface area contributed by atoms with E-state index in [1.54, 1.807) is 13.3 Å². The zero-order chi connectivity index (χ0) is 12.8. The lowest BCUT2D eigenvalue weighted by molar-refractivity contribution is 0.243. The summed E-state index contributed by atoms with van der Waals surface area (Å²) in [6, 6.07) is 3.93. The number of hydrogen-bond donors (Lipinski definition) is 1. The van der Waals surface area contributed by atoms with Gasteiger partial charge >= 0.3 is 0 Å². The topological polar surface area (TPSA) is 61.2 Å². The second-order valence-electron chi connectivity index (χ2n) is 4.33. The SMILES string of the molecule is COc1cc(CCN2CCNCC2)ncc1C#N. The van der Waals surface area contributed by atoms with E-state index in [1.807, 2.05) is 6.07 Å². The van der Waals surface area contributed by atoms with E-state index in [-0.39, 0.29) is 0 Å². The first kappa shape index (κ1) is 12.8. The zero-order valence-electron chi connectivity index (χ0n) is 10.6. The molecule has 0 aromatic carbocycles. The van der Waals surface area contributed by atoms with Gasteiger partial charge in [0.15, 0.2) is 0 Å². The molecule has 1 saturated heterocycles. The Bertz CT molecular complexity index is 435. The predicted octanol–water partition coefficient (Wildman–Crippen LogP) is 0.410. The van der Waals surface area contributed by atoms with Gasteiger partial charge in [0.2, 0.25) is 0 Å². The molecule has 1 aromatic heterocycles. The number of ether oxygens (including phenoxy) is 1. The van der Waals surface area contributed by atoms with Gasteiger partial charge in [0.25, 0.3) is 0 Å². The third-order valence-corrected chi connectivity index (χ3v) is 3.16. The molecule has 0 saturated carbocycles. The van der Waals surface area contributed by atoms with Crippen molar-refractivity contribution >= 4 is 0 Å². The number of aromatic nitrogens is 1. The van der Waals surface area contributed by atoms with Crippen LogP contribution in [0.2, 0.25) is 0 Å². The Morgan fingerprint density at radius 2 is 2.28 bits per heavy atom. The molecule has 2 rings (SSSR count). The number of nitrogens with one attached hydrogen (secondary N) is 1. The van der Waals surface area contributed by atoms with Crippen LogP contribution in [0.4, 0.5) is 0 Å². The van der Waals surface area contributed by atoms with Crippen LogP contribution < -0.4 is 10.1 Å². The standard InChI is InChI=1S/C13H18N4O/c1-18-13-8-12(16-10-11(13)9-14)2-5-17-6-3-15-4-7-17/h8,10,15H,2-7H2,1H3. The van der Waals surface area contributed by atoms with Crippen LogP contribution in [0.3, 0.4) is 0 Å². The summed E-state index contributed by atoms with van der Waals surface area (Å²) in [6.45, 7) is 5.30. The van der Waals surface area contributed by atoms with Gasteiger partial charge in [-0.05, 0) is 0 Å². The Morgan fingerprint density at radius 3 is 2.94 bits per heavy atom. The predicted molar refractivity (Wildman–Crippen MR) is 68.5 cm³/mol. The smallest absolute Gasteiger partial charge is 0.140 e. The van der Waals surface area contributed by atoms with E-state index in [4.69, 9.17) is 10.00 Å². The summed E-state index contributed by atoms with van der Waals surface area (Å²) in [5.41, 5.74) is 1.47. The fourth-order valence-corrected chi connectivity index (χ4v) is 2.07. The largest absolute Gasteiger partial charge is 0.495 e. The zero-order valence-corrected chi connectivity index (χ0v) is 10.6. The molecule has 1 aromatic rings. The fourth-order valence-electron chi connectivity index (χ4n) is 2.07. The lowest BCUT2D eigenvalue weighted by Gasteiger charge is -2.26. The number of methoxy groups -OCH3 is 1. The summed E-state index contributed by atoms with van der Waals surface area (Å²) in [4.78, 5) is 6.72. The summed E-state index contributed by atoms with van der Waals surface area (Å²) >= 11 is 0. The van der Waals surface area contributed by atoms with Gasteiger partial charge in [0.05, 0.1) is 7.11 Å². The van der Waals surface area contributed by atoms with Gasteiger partial charge in [-0.1, -0.05) is 0 Å². The molecule has 0 unspecified atom stereocenters. The molecular formula is C13H18N4O. The average Bonchev–Trinajstić information content (AvgIpc) is 2.45. The Morgan fingerprint density at radius 1 is 1.50 bits per heavy atom. The molecule has 0 atom stereocenters. The molecule has 5 heteroatoms. The lowest BCUT2D eigenvalue weighted by Crippen LogP contribution is -2.44. The summed E-state index contributed by atoms with van der Waals surface area (Å²) < 4.78 is 5.18. The van der Waals surface area contributed by atoms with Crippen molar-refractivity contribution in [3.8, 4) is 11.8 Å². The second-order valence-corrected chi connectivity index (χ2v) is 4.33. The average molecular weight is 246 g/mol. The van der Waals surface area contributed by atoms with Gasteiger partial charge in [-0.25, -0.2) is 0 Å². The molecule has 1 aliphatic rings. The minimum atomic E-state index is 0.489. The highest BCUT2D eigenvalue weighted by molar-refractivity contribution is 5.41. The van der Waals surface area contributed by atoms with E-state index >= 15 is 0 Å². The molecular weight excluding hydrogens is 228 g/mol. The highest BCUT2D eigenvalue weighted by Crippen LogP contribution is 2.17. The van der Waals surface area contributed by atoms with Gasteiger partial charge < -0.3 is 15.0 Å². The van der Waals surface area contributed by atoms with E-state index in [0.29, 0.717) is 11.3 Å². The van der Waals surface area contributed by atoms with Crippen molar-refractivity contribution in [3.05, 3.63) is 23.5 Å². The summed E-state index contributed by atoms with van der Waals surface area (Å²) in [6.07, 6.45) is 2.48.